The van der Waals surface area contributed by atoms with Gasteiger partial charge in [-0.2, -0.15) is 4.31 Å². The highest BCUT2D eigenvalue weighted by Gasteiger charge is 2.33. The minimum Gasteiger partial charge on any atom is -0.288 e. The Morgan fingerprint density at radius 1 is 1.19 bits per heavy atom. The molecule has 0 spiro atoms. The highest BCUT2D eigenvalue weighted by molar-refractivity contribution is 9.15. The molecule has 0 bridgehead atoms. The number of hydrogen-bond donors (Lipinski definition) is 0. The number of aromatic nitrogens is 1. The molecule has 1 atom stereocenters. The standard InChI is InChI=1S/C19H19BrClN3O2S/c1-27(25,26)24-9-7-23(8-10-24)19-15-5-4-14(21)11-13(15)12-17(20)16-3-2-6-22-18(16)19/h2-6,11-12,19H,7-10H2,1H3. The monoisotopic (exact) mass is 467 g/mol. The Kier molecular flexibility index (Phi) is 5.16. The van der Waals surface area contributed by atoms with Gasteiger partial charge in [0, 0.05) is 47.4 Å². The zero-order valence-electron chi connectivity index (χ0n) is 14.8. The quantitative estimate of drug-likeness (QED) is 0.676. The molecule has 2 heterocycles. The van der Waals surface area contributed by atoms with Gasteiger partial charge in [-0.15, -0.1) is 0 Å². The van der Waals surface area contributed by atoms with Crippen molar-refractivity contribution in [3.05, 3.63) is 63.9 Å². The molecule has 0 N–H and O–H groups in total. The maximum atomic E-state index is 11.9. The van der Waals surface area contributed by atoms with Gasteiger partial charge in [-0.1, -0.05) is 39.7 Å². The van der Waals surface area contributed by atoms with Crippen molar-refractivity contribution >= 4 is 48.1 Å². The molecule has 0 radical (unpaired) electrons. The van der Waals surface area contributed by atoms with E-state index in [1.807, 2.05) is 24.3 Å². The Hall–Kier alpha value is -1.25. The molecule has 27 heavy (non-hydrogen) atoms. The molecular weight excluding hydrogens is 450 g/mol. The number of pyridine rings is 1. The van der Waals surface area contributed by atoms with Crippen LogP contribution in [-0.2, 0) is 10.0 Å². The van der Waals surface area contributed by atoms with E-state index in [-0.39, 0.29) is 6.04 Å². The molecule has 0 amide bonds. The second-order valence-electron chi connectivity index (χ2n) is 6.80. The van der Waals surface area contributed by atoms with E-state index in [1.165, 1.54) is 10.6 Å². The van der Waals surface area contributed by atoms with E-state index in [0.717, 1.165) is 26.9 Å². The first kappa shape index (κ1) is 19.1. The smallest absolute Gasteiger partial charge is 0.211 e. The summed E-state index contributed by atoms with van der Waals surface area (Å²) >= 11 is 9.94. The number of sulfonamides is 1. The largest absolute Gasteiger partial charge is 0.288 e. The van der Waals surface area contributed by atoms with Gasteiger partial charge in [-0.05, 0) is 35.4 Å². The number of piperazine rings is 1. The molecule has 142 valence electrons. The maximum absolute atomic E-state index is 11.9. The molecule has 1 aliphatic heterocycles. The van der Waals surface area contributed by atoms with E-state index < -0.39 is 10.0 Å². The maximum Gasteiger partial charge on any atom is 0.211 e. The summed E-state index contributed by atoms with van der Waals surface area (Å²) in [6.45, 7) is 2.25. The van der Waals surface area contributed by atoms with E-state index in [2.05, 4.69) is 33.0 Å². The van der Waals surface area contributed by atoms with Crippen molar-refractivity contribution in [3.8, 4) is 0 Å². The molecule has 4 rings (SSSR count). The van der Waals surface area contributed by atoms with Crippen LogP contribution in [0.4, 0.5) is 0 Å². The molecule has 1 saturated heterocycles. The first-order valence-corrected chi connectivity index (χ1v) is 11.7. The number of nitrogens with zero attached hydrogens (tertiary/aromatic N) is 3. The predicted molar refractivity (Wildman–Crippen MR) is 112 cm³/mol. The molecule has 8 heteroatoms. The van der Waals surface area contributed by atoms with Crippen LogP contribution in [-0.4, -0.2) is 55.0 Å². The Bertz CT molecular complexity index is 1020. The number of rotatable bonds is 2. The van der Waals surface area contributed by atoms with Crippen LogP contribution in [0.25, 0.3) is 10.6 Å². The molecule has 1 aromatic heterocycles. The minimum absolute atomic E-state index is 0.0542. The fourth-order valence-electron chi connectivity index (χ4n) is 3.78. The number of benzene rings is 1. The lowest BCUT2D eigenvalue weighted by Crippen LogP contribution is -2.49. The lowest BCUT2D eigenvalue weighted by atomic mass is 9.96. The van der Waals surface area contributed by atoms with E-state index in [4.69, 9.17) is 16.6 Å². The topological polar surface area (TPSA) is 53.5 Å². The average molecular weight is 469 g/mol. The summed E-state index contributed by atoms with van der Waals surface area (Å²) in [5.74, 6) is 0. The number of halogens is 2. The molecule has 1 aliphatic carbocycles. The third kappa shape index (κ3) is 3.71. The molecule has 2 aromatic rings. The van der Waals surface area contributed by atoms with Crippen molar-refractivity contribution in [3.63, 3.8) is 0 Å². The van der Waals surface area contributed by atoms with Crippen LogP contribution in [0.5, 0.6) is 0 Å². The highest BCUT2D eigenvalue weighted by atomic mass is 79.9. The summed E-state index contributed by atoms with van der Waals surface area (Å²) in [7, 11) is -3.17. The highest BCUT2D eigenvalue weighted by Crippen LogP contribution is 2.41. The van der Waals surface area contributed by atoms with Gasteiger partial charge in [-0.25, -0.2) is 8.42 Å². The molecule has 2 aliphatic rings. The van der Waals surface area contributed by atoms with Gasteiger partial charge in [0.25, 0.3) is 0 Å². The molecular formula is C19H19BrClN3O2S. The minimum atomic E-state index is -3.17. The van der Waals surface area contributed by atoms with Crippen molar-refractivity contribution in [2.75, 3.05) is 32.4 Å². The second-order valence-corrected chi connectivity index (χ2v) is 10.1. The molecule has 5 nitrogen and oxygen atoms in total. The fraction of sp³-hybridized carbons (Fsp3) is 0.316. The van der Waals surface area contributed by atoms with Crippen molar-refractivity contribution in [2.24, 2.45) is 0 Å². The van der Waals surface area contributed by atoms with E-state index in [9.17, 15) is 8.42 Å². The van der Waals surface area contributed by atoms with Crippen LogP contribution in [0.1, 0.15) is 28.4 Å². The van der Waals surface area contributed by atoms with Crippen LogP contribution < -0.4 is 0 Å². The van der Waals surface area contributed by atoms with Crippen molar-refractivity contribution in [1.82, 2.24) is 14.2 Å². The lowest BCUT2D eigenvalue weighted by molar-refractivity contribution is 0.154. The third-order valence-corrected chi connectivity index (χ3v) is 7.28. The molecule has 1 aromatic carbocycles. The second kappa shape index (κ2) is 7.29. The average Bonchev–Trinajstić information content (AvgIpc) is 2.75. The Morgan fingerprint density at radius 2 is 1.93 bits per heavy atom. The van der Waals surface area contributed by atoms with Gasteiger partial charge >= 0.3 is 0 Å². The van der Waals surface area contributed by atoms with E-state index in [1.54, 1.807) is 6.20 Å². The van der Waals surface area contributed by atoms with Crippen LogP contribution >= 0.6 is 27.5 Å². The van der Waals surface area contributed by atoms with Gasteiger partial charge < -0.3 is 0 Å². The summed E-state index contributed by atoms with van der Waals surface area (Å²) < 4.78 is 26.2. The summed E-state index contributed by atoms with van der Waals surface area (Å²) in [6.07, 6.45) is 5.15. The van der Waals surface area contributed by atoms with Crippen LogP contribution in [0, 0.1) is 0 Å². The fourth-order valence-corrected chi connectivity index (χ4v) is 5.37. The first-order chi connectivity index (χ1) is 12.8. The zero-order chi connectivity index (χ0) is 19.2. The van der Waals surface area contributed by atoms with Crippen LogP contribution in [0.15, 0.2) is 36.5 Å². The first-order valence-electron chi connectivity index (χ1n) is 8.66. The van der Waals surface area contributed by atoms with Gasteiger partial charge in [-0.3, -0.25) is 9.88 Å². The van der Waals surface area contributed by atoms with Gasteiger partial charge in [0.05, 0.1) is 18.0 Å². The van der Waals surface area contributed by atoms with Crippen molar-refractivity contribution in [1.29, 1.82) is 0 Å². The third-order valence-electron chi connectivity index (χ3n) is 5.09. The SMILES string of the molecule is CS(=O)(=O)N1CCN(C2c3ccc(Cl)cc3C=C(Br)c3cccnc32)CC1. The summed E-state index contributed by atoms with van der Waals surface area (Å²) in [5.41, 5.74) is 4.18. The van der Waals surface area contributed by atoms with Crippen molar-refractivity contribution in [2.45, 2.75) is 6.04 Å². The Labute approximate surface area is 172 Å². The normalized spacial score (nSPS) is 21.1. The molecule has 1 fully saturated rings. The van der Waals surface area contributed by atoms with Gasteiger partial charge in [0.15, 0.2) is 0 Å². The Morgan fingerprint density at radius 3 is 2.63 bits per heavy atom. The summed E-state index contributed by atoms with van der Waals surface area (Å²) in [6, 6.07) is 9.83. The summed E-state index contributed by atoms with van der Waals surface area (Å²) in [5, 5.41) is 0.685. The molecule has 1 unspecified atom stereocenters. The number of fused-ring (bicyclic) bond motifs is 2. The van der Waals surface area contributed by atoms with E-state index >= 15 is 0 Å². The molecule has 0 saturated carbocycles. The Balaban J connectivity index is 1.79. The van der Waals surface area contributed by atoms with Crippen LogP contribution in [0.2, 0.25) is 5.02 Å². The lowest BCUT2D eigenvalue weighted by Gasteiger charge is -2.38. The predicted octanol–water partition coefficient (Wildman–Crippen LogP) is 3.61. The zero-order valence-corrected chi connectivity index (χ0v) is 17.9. The van der Waals surface area contributed by atoms with Crippen LogP contribution in [0.3, 0.4) is 0 Å². The number of hydrogen-bond acceptors (Lipinski definition) is 4. The van der Waals surface area contributed by atoms with Gasteiger partial charge in [0.1, 0.15) is 0 Å². The van der Waals surface area contributed by atoms with E-state index in [0.29, 0.717) is 31.2 Å². The van der Waals surface area contributed by atoms with Gasteiger partial charge in [0.2, 0.25) is 10.0 Å². The van der Waals surface area contributed by atoms with Crippen molar-refractivity contribution < 1.29 is 8.42 Å². The summed E-state index contributed by atoms with van der Waals surface area (Å²) in [4.78, 5) is 7.00.